The Bertz CT molecular complexity index is 546. The summed E-state index contributed by atoms with van der Waals surface area (Å²) in [4.78, 5) is 4.42. The molecular weight excluding hydrogens is 256 g/mol. The topological polar surface area (TPSA) is 47.3 Å². The summed E-state index contributed by atoms with van der Waals surface area (Å²) in [6.07, 6.45) is 1.98. The van der Waals surface area contributed by atoms with Gasteiger partial charge in [0.15, 0.2) is 0 Å². The SMILES string of the molecule is C[Si](C)(C)CCOCn1ccc2ccc(CO)nc21. The predicted molar refractivity (Wildman–Crippen MR) is 79.8 cm³/mol. The van der Waals surface area contributed by atoms with Gasteiger partial charge in [-0.3, -0.25) is 0 Å². The Labute approximate surface area is 115 Å². The normalized spacial score (nSPS) is 12.2. The van der Waals surface area contributed by atoms with Crippen molar-refractivity contribution in [3.8, 4) is 0 Å². The summed E-state index contributed by atoms with van der Waals surface area (Å²) in [6, 6.07) is 7.01. The van der Waals surface area contributed by atoms with Crippen LogP contribution >= 0.6 is 0 Å². The van der Waals surface area contributed by atoms with Crippen LogP contribution in [-0.4, -0.2) is 29.3 Å². The second-order valence-corrected chi connectivity index (χ2v) is 11.6. The molecule has 0 aliphatic carbocycles. The third-order valence-electron chi connectivity index (χ3n) is 3.06. The molecule has 104 valence electrons. The van der Waals surface area contributed by atoms with E-state index in [1.54, 1.807) is 0 Å². The molecule has 0 saturated carbocycles. The van der Waals surface area contributed by atoms with Gasteiger partial charge in [-0.2, -0.15) is 0 Å². The van der Waals surface area contributed by atoms with Gasteiger partial charge in [-0.1, -0.05) is 19.6 Å². The summed E-state index contributed by atoms with van der Waals surface area (Å²) in [5.74, 6) is 0. The molecule has 2 aromatic heterocycles. The molecule has 19 heavy (non-hydrogen) atoms. The number of hydrogen-bond acceptors (Lipinski definition) is 3. The van der Waals surface area contributed by atoms with Crippen molar-refractivity contribution in [1.82, 2.24) is 9.55 Å². The van der Waals surface area contributed by atoms with Gasteiger partial charge in [-0.05, 0) is 24.2 Å². The lowest BCUT2D eigenvalue weighted by Gasteiger charge is -2.15. The first-order valence-electron chi connectivity index (χ1n) is 6.63. The van der Waals surface area contributed by atoms with E-state index < -0.39 is 8.07 Å². The fourth-order valence-electron chi connectivity index (χ4n) is 1.83. The summed E-state index contributed by atoms with van der Waals surface area (Å²) in [5, 5.41) is 10.2. The first-order valence-corrected chi connectivity index (χ1v) is 10.3. The third kappa shape index (κ3) is 3.89. The van der Waals surface area contributed by atoms with Gasteiger partial charge in [0.05, 0.1) is 12.3 Å². The fraction of sp³-hybridized carbons (Fsp3) is 0.500. The molecule has 0 aromatic carbocycles. The van der Waals surface area contributed by atoms with Gasteiger partial charge in [-0.15, -0.1) is 0 Å². The molecule has 0 aliphatic heterocycles. The number of aliphatic hydroxyl groups excluding tert-OH is 1. The van der Waals surface area contributed by atoms with Gasteiger partial charge in [0, 0.05) is 26.3 Å². The van der Waals surface area contributed by atoms with Crippen molar-refractivity contribution in [3.63, 3.8) is 0 Å². The maximum Gasteiger partial charge on any atom is 0.142 e. The van der Waals surface area contributed by atoms with E-state index in [-0.39, 0.29) is 6.61 Å². The quantitative estimate of drug-likeness (QED) is 0.653. The zero-order chi connectivity index (χ0) is 13.9. The Balaban J connectivity index is 2.00. The maximum absolute atomic E-state index is 9.13. The molecular formula is C14H22N2O2Si. The van der Waals surface area contributed by atoms with Crippen LogP contribution in [0.1, 0.15) is 5.69 Å². The van der Waals surface area contributed by atoms with E-state index in [9.17, 15) is 0 Å². The number of pyridine rings is 1. The third-order valence-corrected chi connectivity index (χ3v) is 4.76. The Morgan fingerprint density at radius 2 is 2.05 bits per heavy atom. The van der Waals surface area contributed by atoms with Crippen molar-refractivity contribution >= 4 is 19.1 Å². The average molecular weight is 278 g/mol. The van der Waals surface area contributed by atoms with Gasteiger partial charge >= 0.3 is 0 Å². The number of aliphatic hydroxyl groups is 1. The molecule has 4 nitrogen and oxygen atoms in total. The van der Waals surface area contributed by atoms with Gasteiger partial charge in [-0.25, -0.2) is 4.98 Å². The first-order chi connectivity index (χ1) is 8.99. The van der Waals surface area contributed by atoms with Crippen LogP contribution in [0.15, 0.2) is 24.4 Å². The first kappa shape index (κ1) is 14.2. The number of ether oxygens (including phenoxy) is 1. The van der Waals surface area contributed by atoms with Crippen LogP contribution in [0, 0.1) is 0 Å². The minimum Gasteiger partial charge on any atom is -0.390 e. The van der Waals surface area contributed by atoms with E-state index in [0.717, 1.165) is 17.6 Å². The molecule has 0 radical (unpaired) electrons. The van der Waals surface area contributed by atoms with Crippen LogP contribution in [-0.2, 0) is 18.1 Å². The molecule has 5 heteroatoms. The molecule has 0 aliphatic rings. The van der Waals surface area contributed by atoms with Crippen molar-refractivity contribution in [3.05, 3.63) is 30.1 Å². The zero-order valence-electron chi connectivity index (χ0n) is 11.9. The second kappa shape index (κ2) is 5.86. The highest BCUT2D eigenvalue weighted by atomic mass is 28.3. The summed E-state index contributed by atoms with van der Waals surface area (Å²) < 4.78 is 7.72. The fourth-order valence-corrected chi connectivity index (χ4v) is 2.59. The Hall–Kier alpha value is -1.17. The van der Waals surface area contributed by atoms with E-state index in [1.807, 2.05) is 29.0 Å². The minimum absolute atomic E-state index is 0.0302. The van der Waals surface area contributed by atoms with E-state index in [1.165, 1.54) is 6.04 Å². The molecule has 2 rings (SSSR count). The summed E-state index contributed by atoms with van der Waals surface area (Å²) >= 11 is 0. The molecule has 2 aromatic rings. The molecule has 0 unspecified atom stereocenters. The number of nitrogens with zero attached hydrogens (tertiary/aromatic N) is 2. The molecule has 0 atom stereocenters. The highest BCUT2D eigenvalue weighted by Gasteiger charge is 2.12. The zero-order valence-corrected chi connectivity index (χ0v) is 12.9. The average Bonchev–Trinajstić information content (AvgIpc) is 2.76. The second-order valence-electron chi connectivity index (χ2n) is 6.01. The molecule has 0 bridgehead atoms. The number of aromatic nitrogens is 2. The lowest BCUT2D eigenvalue weighted by atomic mass is 10.3. The Morgan fingerprint density at radius 1 is 1.26 bits per heavy atom. The van der Waals surface area contributed by atoms with Crippen LogP contribution in [0.2, 0.25) is 25.7 Å². The van der Waals surface area contributed by atoms with Crippen molar-refractivity contribution in [2.75, 3.05) is 6.61 Å². The monoisotopic (exact) mass is 278 g/mol. The summed E-state index contributed by atoms with van der Waals surface area (Å²) in [7, 11) is -1.03. The Morgan fingerprint density at radius 3 is 2.74 bits per heavy atom. The lowest BCUT2D eigenvalue weighted by Crippen LogP contribution is -2.22. The Kier molecular flexibility index (Phi) is 4.39. The lowest BCUT2D eigenvalue weighted by molar-refractivity contribution is 0.0898. The van der Waals surface area contributed by atoms with E-state index in [2.05, 4.69) is 24.6 Å². The molecule has 2 heterocycles. The van der Waals surface area contributed by atoms with Crippen LogP contribution in [0.5, 0.6) is 0 Å². The van der Waals surface area contributed by atoms with Gasteiger partial charge in [0.25, 0.3) is 0 Å². The predicted octanol–water partition coefficient (Wildman–Crippen LogP) is 2.84. The van der Waals surface area contributed by atoms with E-state index >= 15 is 0 Å². The van der Waals surface area contributed by atoms with Crippen LogP contribution in [0.3, 0.4) is 0 Å². The molecule has 0 fully saturated rings. The maximum atomic E-state index is 9.13. The van der Waals surface area contributed by atoms with Crippen LogP contribution in [0.25, 0.3) is 11.0 Å². The largest absolute Gasteiger partial charge is 0.390 e. The number of rotatable bonds is 6. The van der Waals surface area contributed by atoms with Crippen LogP contribution in [0.4, 0.5) is 0 Å². The number of hydrogen-bond donors (Lipinski definition) is 1. The van der Waals surface area contributed by atoms with Gasteiger partial charge in [0.1, 0.15) is 12.4 Å². The molecule has 0 amide bonds. The van der Waals surface area contributed by atoms with Gasteiger partial charge < -0.3 is 14.4 Å². The molecule has 0 saturated heterocycles. The smallest absolute Gasteiger partial charge is 0.142 e. The van der Waals surface area contributed by atoms with Crippen molar-refractivity contribution in [2.24, 2.45) is 0 Å². The van der Waals surface area contributed by atoms with E-state index in [4.69, 9.17) is 9.84 Å². The highest BCUT2D eigenvalue weighted by Crippen LogP contribution is 2.15. The number of fused-ring (bicyclic) bond motifs is 1. The van der Waals surface area contributed by atoms with Crippen LogP contribution < -0.4 is 0 Å². The standard InChI is InChI=1S/C14H22N2O2Si/c1-19(2,3)9-8-18-11-16-7-6-12-4-5-13(10-17)15-14(12)16/h4-7,17H,8-11H2,1-3H3. The van der Waals surface area contributed by atoms with E-state index in [0.29, 0.717) is 12.4 Å². The van der Waals surface area contributed by atoms with Crippen molar-refractivity contribution in [1.29, 1.82) is 0 Å². The molecule has 0 spiro atoms. The van der Waals surface area contributed by atoms with Crippen molar-refractivity contribution in [2.45, 2.75) is 39.0 Å². The summed E-state index contributed by atoms with van der Waals surface area (Å²) in [6.45, 7) is 8.33. The molecule has 1 N–H and O–H groups in total. The van der Waals surface area contributed by atoms with Gasteiger partial charge in [0.2, 0.25) is 0 Å². The van der Waals surface area contributed by atoms with Crippen molar-refractivity contribution < 1.29 is 9.84 Å². The summed E-state index contributed by atoms with van der Waals surface area (Å²) in [5.41, 5.74) is 1.56. The minimum atomic E-state index is -1.03. The highest BCUT2D eigenvalue weighted by molar-refractivity contribution is 6.76.